The van der Waals surface area contributed by atoms with Crippen LogP contribution in [0.15, 0.2) is 36.4 Å². The molecule has 5 heteroatoms. The summed E-state index contributed by atoms with van der Waals surface area (Å²) in [6, 6.07) is 9.40. The molecule has 2 N–H and O–H groups in total. The molecule has 20 heavy (non-hydrogen) atoms. The normalized spacial score (nSPS) is 12.2. The molecule has 0 bridgehead atoms. The third kappa shape index (κ3) is 3.85. The van der Waals surface area contributed by atoms with E-state index in [1.165, 1.54) is 6.07 Å². The molecule has 0 heterocycles. The van der Waals surface area contributed by atoms with Crippen molar-refractivity contribution in [3.8, 4) is 11.5 Å². The average molecular weight is 314 g/mol. The van der Waals surface area contributed by atoms with Gasteiger partial charge in [-0.25, -0.2) is 4.39 Å². The van der Waals surface area contributed by atoms with Gasteiger partial charge in [-0.05, 0) is 43.2 Å². The van der Waals surface area contributed by atoms with Crippen LogP contribution in [0.4, 0.5) is 4.39 Å². The average Bonchev–Trinajstić information content (AvgIpc) is 2.31. The van der Waals surface area contributed by atoms with Crippen molar-refractivity contribution in [3.05, 3.63) is 57.8 Å². The highest BCUT2D eigenvalue weighted by Gasteiger charge is 2.13. The van der Waals surface area contributed by atoms with E-state index in [2.05, 4.69) is 0 Å². The fraction of sp³-hybridized carbons (Fsp3) is 0.200. The second-order valence-electron chi connectivity index (χ2n) is 4.62. The lowest BCUT2D eigenvalue weighted by atomic mass is 10.1. The molecule has 2 nitrogen and oxygen atoms in total. The van der Waals surface area contributed by atoms with E-state index in [0.717, 1.165) is 0 Å². The summed E-state index contributed by atoms with van der Waals surface area (Å²) in [7, 11) is 0. The van der Waals surface area contributed by atoms with Crippen molar-refractivity contribution < 1.29 is 9.13 Å². The number of benzene rings is 2. The standard InChI is InChI=1S/C15H14Cl2FNO/c1-9(19)5-10-3-2-4-14(18)15(10)20-13-7-11(16)6-12(17)8-13/h2-4,6-9H,5,19H2,1H3. The van der Waals surface area contributed by atoms with Crippen LogP contribution in [0.2, 0.25) is 10.0 Å². The van der Waals surface area contributed by atoms with Crippen LogP contribution < -0.4 is 10.5 Å². The summed E-state index contributed by atoms with van der Waals surface area (Å²) >= 11 is 11.8. The molecular formula is C15H14Cl2FNO. The van der Waals surface area contributed by atoms with E-state index in [-0.39, 0.29) is 11.8 Å². The SMILES string of the molecule is CC(N)Cc1cccc(F)c1Oc1cc(Cl)cc(Cl)c1. The van der Waals surface area contributed by atoms with Gasteiger partial charge in [-0.15, -0.1) is 0 Å². The first-order valence-electron chi connectivity index (χ1n) is 6.12. The Morgan fingerprint density at radius 1 is 1.20 bits per heavy atom. The molecule has 2 aromatic carbocycles. The van der Waals surface area contributed by atoms with Gasteiger partial charge in [0, 0.05) is 16.1 Å². The van der Waals surface area contributed by atoms with E-state index in [0.29, 0.717) is 27.8 Å². The van der Waals surface area contributed by atoms with E-state index in [1.807, 2.05) is 6.92 Å². The molecular weight excluding hydrogens is 300 g/mol. The van der Waals surface area contributed by atoms with Crippen molar-refractivity contribution >= 4 is 23.2 Å². The molecule has 2 rings (SSSR count). The topological polar surface area (TPSA) is 35.2 Å². The minimum absolute atomic E-state index is 0.0953. The first-order chi connectivity index (χ1) is 9.45. The zero-order valence-corrected chi connectivity index (χ0v) is 12.4. The highest BCUT2D eigenvalue weighted by Crippen LogP contribution is 2.32. The first kappa shape index (κ1) is 15.1. The van der Waals surface area contributed by atoms with Crippen LogP contribution in [-0.2, 0) is 6.42 Å². The quantitative estimate of drug-likeness (QED) is 0.878. The fourth-order valence-electron chi connectivity index (χ4n) is 1.88. The highest BCUT2D eigenvalue weighted by molar-refractivity contribution is 6.34. The van der Waals surface area contributed by atoms with Crippen LogP contribution in [-0.4, -0.2) is 6.04 Å². The lowest BCUT2D eigenvalue weighted by Gasteiger charge is -2.14. The van der Waals surface area contributed by atoms with Crippen molar-refractivity contribution in [2.75, 3.05) is 0 Å². The summed E-state index contributed by atoms with van der Waals surface area (Å²) in [6.07, 6.45) is 0.515. The van der Waals surface area contributed by atoms with Crippen LogP contribution >= 0.6 is 23.2 Å². The first-order valence-corrected chi connectivity index (χ1v) is 6.88. The van der Waals surface area contributed by atoms with E-state index in [1.54, 1.807) is 30.3 Å². The van der Waals surface area contributed by atoms with Gasteiger partial charge in [-0.1, -0.05) is 35.3 Å². The van der Waals surface area contributed by atoms with Gasteiger partial charge in [0.05, 0.1) is 0 Å². The lowest BCUT2D eigenvalue weighted by Crippen LogP contribution is -2.18. The highest BCUT2D eigenvalue weighted by atomic mass is 35.5. The molecule has 0 radical (unpaired) electrons. The predicted molar refractivity (Wildman–Crippen MR) is 80.3 cm³/mol. The second-order valence-corrected chi connectivity index (χ2v) is 5.49. The summed E-state index contributed by atoms with van der Waals surface area (Å²) in [5.41, 5.74) is 6.47. The molecule has 0 saturated carbocycles. The number of halogens is 3. The molecule has 0 aromatic heterocycles. The lowest BCUT2D eigenvalue weighted by molar-refractivity contribution is 0.434. The largest absolute Gasteiger partial charge is 0.454 e. The molecule has 0 aliphatic heterocycles. The van der Waals surface area contributed by atoms with Gasteiger partial charge in [0.25, 0.3) is 0 Å². The van der Waals surface area contributed by atoms with Crippen molar-refractivity contribution in [2.45, 2.75) is 19.4 Å². The van der Waals surface area contributed by atoms with Gasteiger partial charge in [0.15, 0.2) is 11.6 Å². The number of para-hydroxylation sites is 1. The molecule has 106 valence electrons. The second kappa shape index (κ2) is 6.44. The summed E-state index contributed by atoms with van der Waals surface area (Å²) in [4.78, 5) is 0. The van der Waals surface area contributed by atoms with Gasteiger partial charge < -0.3 is 10.5 Å². The van der Waals surface area contributed by atoms with Crippen LogP contribution in [0.5, 0.6) is 11.5 Å². The zero-order valence-electron chi connectivity index (χ0n) is 10.9. The minimum atomic E-state index is -0.445. The van der Waals surface area contributed by atoms with Gasteiger partial charge in [0.2, 0.25) is 0 Å². The zero-order chi connectivity index (χ0) is 14.7. The van der Waals surface area contributed by atoms with Crippen LogP contribution in [0.25, 0.3) is 0 Å². The maximum atomic E-state index is 14.0. The number of ether oxygens (including phenoxy) is 1. The smallest absolute Gasteiger partial charge is 0.166 e. The maximum absolute atomic E-state index is 14.0. The van der Waals surface area contributed by atoms with Gasteiger partial charge >= 0.3 is 0 Å². The van der Waals surface area contributed by atoms with Crippen LogP contribution in [0.1, 0.15) is 12.5 Å². The summed E-state index contributed by atoms with van der Waals surface area (Å²) in [5, 5.41) is 0.857. The van der Waals surface area contributed by atoms with Crippen molar-refractivity contribution in [1.82, 2.24) is 0 Å². The summed E-state index contributed by atoms with van der Waals surface area (Å²) < 4.78 is 19.6. The molecule has 0 spiro atoms. The summed E-state index contributed by atoms with van der Waals surface area (Å²) in [5.74, 6) is 0.0981. The Morgan fingerprint density at radius 2 is 1.85 bits per heavy atom. The molecule has 0 amide bonds. The van der Waals surface area contributed by atoms with Gasteiger partial charge in [-0.3, -0.25) is 0 Å². The predicted octanol–water partition coefficient (Wildman–Crippen LogP) is 4.81. The van der Waals surface area contributed by atoms with Crippen LogP contribution in [0, 0.1) is 5.82 Å². The Labute approximate surface area is 127 Å². The van der Waals surface area contributed by atoms with Gasteiger partial charge in [0.1, 0.15) is 5.75 Å². The Balaban J connectivity index is 2.36. The third-order valence-electron chi connectivity index (χ3n) is 2.65. The molecule has 0 aliphatic rings. The monoisotopic (exact) mass is 313 g/mol. The van der Waals surface area contributed by atoms with E-state index in [4.69, 9.17) is 33.7 Å². The van der Waals surface area contributed by atoms with Crippen molar-refractivity contribution in [2.24, 2.45) is 5.73 Å². The van der Waals surface area contributed by atoms with E-state index in [9.17, 15) is 4.39 Å². The number of nitrogens with two attached hydrogens (primary N) is 1. The third-order valence-corrected chi connectivity index (χ3v) is 3.08. The maximum Gasteiger partial charge on any atom is 0.166 e. The van der Waals surface area contributed by atoms with Gasteiger partial charge in [-0.2, -0.15) is 0 Å². The fourth-order valence-corrected chi connectivity index (χ4v) is 2.39. The Kier molecular flexibility index (Phi) is 4.86. The molecule has 0 aliphatic carbocycles. The summed E-state index contributed by atoms with van der Waals surface area (Å²) in [6.45, 7) is 1.85. The molecule has 0 saturated heterocycles. The number of rotatable bonds is 4. The Morgan fingerprint density at radius 3 is 2.45 bits per heavy atom. The molecule has 2 aromatic rings. The number of hydrogen-bond donors (Lipinski definition) is 1. The Hall–Kier alpha value is -1.29. The number of hydrogen-bond acceptors (Lipinski definition) is 2. The Bertz CT molecular complexity index is 597. The van der Waals surface area contributed by atoms with E-state index < -0.39 is 5.82 Å². The van der Waals surface area contributed by atoms with Crippen molar-refractivity contribution in [3.63, 3.8) is 0 Å². The van der Waals surface area contributed by atoms with E-state index >= 15 is 0 Å². The molecule has 0 fully saturated rings. The van der Waals surface area contributed by atoms with Crippen LogP contribution in [0.3, 0.4) is 0 Å². The molecule has 1 unspecified atom stereocenters. The molecule has 1 atom stereocenters. The minimum Gasteiger partial charge on any atom is -0.454 e. The van der Waals surface area contributed by atoms with Crippen molar-refractivity contribution in [1.29, 1.82) is 0 Å².